The van der Waals surface area contributed by atoms with Crippen LogP contribution in [0.25, 0.3) is 17.0 Å². The summed E-state index contributed by atoms with van der Waals surface area (Å²) in [5.41, 5.74) is 1.94. The van der Waals surface area contributed by atoms with E-state index in [0.29, 0.717) is 29.6 Å². The molecule has 0 radical (unpaired) electrons. The fourth-order valence-corrected chi connectivity index (χ4v) is 3.30. The van der Waals surface area contributed by atoms with Crippen LogP contribution in [0.4, 0.5) is 0 Å². The number of carbonyl (C=O) groups is 1. The number of halogens is 1. The van der Waals surface area contributed by atoms with E-state index in [1.807, 2.05) is 16.7 Å². The molecule has 6 nitrogen and oxygen atoms in total. The summed E-state index contributed by atoms with van der Waals surface area (Å²) in [4.78, 5) is 29.5. The van der Waals surface area contributed by atoms with Crippen LogP contribution in [-0.2, 0) is 22.5 Å². The predicted molar refractivity (Wildman–Crippen MR) is 110 cm³/mol. The molecule has 3 aromatic rings. The molecule has 0 atom stereocenters. The lowest BCUT2D eigenvalue weighted by atomic mass is 10.1. The number of fused-ring (bicyclic) bond motifs is 1. The number of benzene rings is 1. The summed E-state index contributed by atoms with van der Waals surface area (Å²) in [6, 6.07) is 8.72. The van der Waals surface area contributed by atoms with Gasteiger partial charge in [-0.25, -0.2) is 4.98 Å². The van der Waals surface area contributed by atoms with Gasteiger partial charge in [0, 0.05) is 35.1 Å². The molecule has 0 aliphatic carbocycles. The lowest BCUT2D eigenvalue weighted by Gasteiger charge is -2.09. The summed E-state index contributed by atoms with van der Waals surface area (Å²) in [6.07, 6.45) is 4.88. The minimum Gasteiger partial charge on any atom is -0.466 e. The van der Waals surface area contributed by atoms with Crippen LogP contribution in [0.15, 0.2) is 41.3 Å². The zero-order valence-corrected chi connectivity index (χ0v) is 16.9. The van der Waals surface area contributed by atoms with Gasteiger partial charge in [-0.2, -0.15) is 0 Å². The molecule has 3 rings (SSSR count). The lowest BCUT2D eigenvalue weighted by molar-refractivity contribution is -0.142. The summed E-state index contributed by atoms with van der Waals surface area (Å²) in [7, 11) is 0. The molecule has 2 aromatic heterocycles. The van der Waals surface area contributed by atoms with E-state index in [0.717, 1.165) is 30.5 Å². The molecule has 0 unspecified atom stereocenters. The van der Waals surface area contributed by atoms with Gasteiger partial charge in [-0.05, 0) is 25.5 Å². The molecule has 7 heteroatoms. The number of rotatable bonds is 8. The Bertz CT molecular complexity index is 1020. The predicted octanol–water partition coefficient (Wildman–Crippen LogP) is 4.11. The van der Waals surface area contributed by atoms with E-state index in [2.05, 4.69) is 6.92 Å². The van der Waals surface area contributed by atoms with Crippen molar-refractivity contribution in [2.24, 2.45) is 0 Å². The molecule has 2 heterocycles. The van der Waals surface area contributed by atoms with Crippen molar-refractivity contribution in [3.8, 4) is 11.3 Å². The van der Waals surface area contributed by atoms with E-state index >= 15 is 0 Å². The molecular weight excluding hydrogens is 378 g/mol. The number of carbonyl (C=O) groups excluding carboxylic acids is 1. The standard InChI is InChI=1S/C21H24ClN3O3/c1-3-5-6-11-24-17(12-20(27)28-4-2)14-25-19(26)13-18(23-21(24)25)15-7-9-16(22)10-8-15/h7-10,13-14H,3-6,11-12H2,1-2H3. The first-order valence-corrected chi connectivity index (χ1v) is 9.94. The Balaban J connectivity index is 2.09. The van der Waals surface area contributed by atoms with Crippen molar-refractivity contribution in [2.45, 2.75) is 46.1 Å². The molecule has 28 heavy (non-hydrogen) atoms. The van der Waals surface area contributed by atoms with Gasteiger partial charge in [0.15, 0.2) is 0 Å². The highest BCUT2D eigenvalue weighted by Crippen LogP contribution is 2.20. The highest BCUT2D eigenvalue weighted by atomic mass is 35.5. The van der Waals surface area contributed by atoms with Crippen molar-refractivity contribution >= 4 is 23.3 Å². The van der Waals surface area contributed by atoms with Gasteiger partial charge >= 0.3 is 5.97 Å². The van der Waals surface area contributed by atoms with Crippen LogP contribution in [0.3, 0.4) is 0 Å². The largest absolute Gasteiger partial charge is 0.466 e. The van der Waals surface area contributed by atoms with Crippen molar-refractivity contribution in [1.29, 1.82) is 0 Å². The number of aryl methyl sites for hydroxylation is 1. The molecule has 0 bridgehead atoms. The Hall–Kier alpha value is -2.60. The second-order valence-corrected chi connectivity index (χ2v) is 7.05. The van der Waals surface area contributed by atoms with E-state index in [1.54, 1.807) is 25.3 Å². The molecule has 1 aromatic carbocycles. The minimum absolute atomic E-state index is 0.110. The van der Waals surface area contributed by atoms with E-state index in [9.17, 15) is 9.59 Å². The van der Waals surface area contributed by atoms with Gasteiger partial charge in [0.1, 0.15) is 0 Å². The highest BCUT2D eigenvalue weighted by Gasteiger charge is 2.16. The summed E-state index contributed by atoms with van der Waals surface area (Å²) in [5, 5.41) is 0.626. The molecule has 0 spiro atoms. The Labute approximate surface area is 168 Å². The summed E-state index contributed by atoms with van der Waals surface area (Å²) < 4.78 is 8.54. The van der Waals surface area contributed by atoms with Gasteiger partial charge in [0.25, 0.3) is 5.56 Å². The van der Waals surface area contributed by atoms with Crippen molar-refractivity contribution in [3.05, 3.63) is 57.6 Å². The lowest BCUT2D eigenvalue weighted by Crippen LogP contribution is -2.15. The monoisotopic (exact) mass is 401 g/mol. The number of hydrogen-bond acceptors (Lipinski definition) is 4. The van der Waals surface area contributed by atoms with Crippen LogP contribution in [0.2, 0.25) is 5.02 Å². The maximum atomic E-state index is 12.7. The summed E-state index contributed by atoms with van der Waals surface area (Å²) >= 11 is 5.96. The third kappa shape index (κ3) is 4.44. The van der Waals surface area contributed by atoms with Gasteiger partial charge in [-0.15, -0.1) is 0 Å². The Morgan fingerprint density at radius 2 is 1.93 bits per heavy atom. The van der Waals surface area contributed by atoms with Gasteiger partial charge in [-0.1, -0.05) is 43.5 Å². The number of aromatic nitrogens is 3. The number of nitrogens with zero attached hydrogens (tertiary/aromatic N) is 3. The average molecular weight is 402 g/mol. The number of hydrogen-bond donors (Lipinski definition) is 0. The molecule has 0 saturated carbocycles. The zero-order chi connectivity index (χ0) is 20.1. The van der Waals surface area contributed by atoms with Gasteiger partial charge in [0.05, 0.1) is 18.7 Å². The van der Waals surface area contributed by atoms with Crippen LogP contribution in [-0.4, -0.2) is 26.5 Å². The van der Waals surface area contributed by atoms with Gasteiger partial charge in [0.2, 0.25) is 5.78 Å². The molecule has 0 aliphatic rings. The quantitative estimate of drug-likeness (QED) is 0.421. The zero-order valence-electron chi connectivity index (χ0n) is 16.2. The van der Waals surface area contributed by atoms with Gasteiger partial charge < -0.3 is 9.30 Å². The van der Waals surface area contributed by atoms with E-state index in [-0.39, 0.29) is 17.9 Å². The fraction of sp³-hybridized carbons (Fsp3) is 0.381. The molecule has 0 amide bonds. The number of imidazole rings is 1. The number of unbranched alkanes of at least 4 members (excludes halogenated alkanes) is 2. The van der Waals surface area contributed by atoms with Crippen LogP contribution in [0, 0.1) is 0 Å². The average Bonchev–Trinajstić information content (AvgIpc) is 3.01. The van der Waals surface area contributed by atoms with Crippen molar-refractivity contribution < 1.29 is 9.53 Å². The Morgan fingerprint density at radius 3 is 2.61 bits per heavy atom. The van der Waals surface area contributed by atoms with E-state index in [1.165, 1.54) is 10.5 Å². The van der Waals surface area contributed by atoms with Crippen LogP contribution in [0.1, 0.15) is 38.8 Å². The Kier molecular flexibility index (Phi) is 6.52. The van der Waals surface area contributed by atoms with Crippen LogP contribution < -0.4 is 5.56 Å². The number of esters is 1. The molecule has 148 valence electrons. The topological polar surface area (TPSA) is 65.6 Å². The van der Waals surface area contributed by atoms with Crippen molar-refractivity contribution in [3.63, 3.8) is 0 Å². The fourth-order valence-electron chi connectivity index (χ4n) is 3.17. The maximum absolute atomic E-state index is 12.7. The highest BCUT2D eigenvalue weighted by molar-refractivity contribution is 6.30. The Morgan fingerprint density at radius 1 is 1.18 bits per heavy atom. The first-order chi connectivity index (χ1) is 13.5. The second kappa shape index (κ2) is 9.06. The molecule has 0 saturated heterocycles. The molecular formula is C21H24ClN3O3. The first-order valence-electron chi connectivity index (χ1n) is 9.56. The summed E-state index contributed by atoms with van der Waals surface area (Å²) in [5.74, 6) is 0.223. The van der Waals surface area contributed by atoms with Crippen molar-refractivity contribution in [2.75, 3.05) is 6.61 Å². The summed E-state index contributed by atoms with van der Waals surface area (Å²) in [6.45, 7) is 4.93. The molecule has 0 N–H and O–H groups in total. The SMILES string of the molecule is CCCCCn1c(CC(=O)OCC)cn2c(=O)cc(-c3ccc(Cl)cc3)nc12. The van der Waals surface area contributed by atoms with Crippen LogP contribution >= 0.6 is 11.6 Å². The molecule has 0 fully saturated rings. The third-order valence-electron chi connectivity index (χ3n) is 4.56. The number of ether oxygens (including phenoxy) is 1. The second-order valence-electron chi connectivity index (χ2n) is 6.62. The molecule has 0 aliphatic heterocycles. The maximum Gasteiger partial charge on any atom is 0.311 e. The normalized spacial score (nSPS) is 11.1. The van der Waals surface area contributed by atoms with Gasteiger partial charge in [-0.3, -0.25) is 14.0 Å². The van der Waals surface area contributed by atoms with E-state index in [4.69, 9.17) is 21.3 Å². The third-order valence-corrected chi connectivity index (χ3v) is 4.81. The van der Waals surface area contributed by atoms with Crippen LogP contribution in [0.5, 0.6) is 0 Å². The smallest absolute Gasteiger partial charge is 0.311 e. The van der Waals surface area contributed by atoms with E-state index < -0.39 is 0 Å². The minimum atomic E-state index is -0.312. The first kappa shape index (κ1) is 20.1. The van der Waals surface area contributed by atoms with Crippen molar-refractivity contribution in [1.82, 2.24) is 14.0 Å².